The van der Waals surface area contributed by atoms with Gasteiger partial charge in [0.2, 0.25) is 0 Å². The van der Waals surface area contributed by atoms with Crippen LogP contribution in [0.15, 0.2) is 18.2 Å². The molecule has 0 aliphatic carbocycles. The Bertz CT molecular complexity index is 445. The first kappa shape index (κ1) is 15.0. The van der Waals surface area contributed by atoms with Gasteiger partial charge in [-0.05, 0) is 43.4 Å². The van der Waals surface area contributed by atoms with Gasteiger partial charge in [-0.2, -0.15) is 0 Å². The van der Waals surface area contributed by atoms with Gasteiger partial charge in [0.25, 0.3) is 0 Å². The van der Waals surface area contributed by atoms with Crippen LogP contribution >= 0.6 is 0 Å². The van der Waals surface area contributed by atoms with Gasteiger partial charge in [0.05, 0.1) is 6.10 Å². The second kappa shape index (κ2) is 6.86. The summed E-state index contributed by atoms with van der Waals surface area (Å²) in [6, 6.07) is 6.41. The number of aryl methyl sites for hydroxylation is 2. The fraction of sp³-hybridized carbons (Fsp3) is 0.562. The van der Waals surface area contributed by atoms with Gasteiger partial charge >= 0.3 is 5.97 Å². The van der Waals surface area contributed by atoms with Crippen LogP contribution in [0.1, 0.15) is 29.5 Å². The van der Waals surface area contributed by atoms with E-state index in [9.17, 15) is 4.79 Å². The minimum atomic E-state index is -0.886. The zero-order valence-corrected chi connectivity index (χ0v) is 12.3. The van der Waals surface area contributed by atoms with E-state index in [4.69, 9.17) is 9.84 Å². The smallest absolute Gasteiger partial charge is 0.329 e. The number of likely N-dealkylation sites (tertiary alicyclic amines) is 1. The molecule has 1 aliphatic rings. The molecule has 0 radical (unpaired) electrons. The molecule has 1 N–H and O–H groups in total. The maximum absolute atomic E-state index is 10.5. The van der Waals surface area contributed by atoms with Crippen molar-refractivity contribution in [2.24, 2.45) is 0 Å². The van der Waals surface area contributed by atoms with Gasteiger partial charge in [0, 0.05) is 19.6 Å². The molecule has 20 heavy (non-hydrogen) atoms. The van der Waals surface area contributed by atoms with Crippen molar-refractivity contribution < 1.29 is 14.6 Å². The molecule has 1 heterocycles. The Morgan fingerprint density at radius 1 is 1.30 bits per heavy atom. The van der Waals surface area contributed by atoms with Gasteiger partial charge in [-0.1, -0.05) is 18.2 Å². The van der Waals surface area contributed by atoms with Crippen molar-refractivity contribution in [1.82, 2.24) is 4.90 Å². The average Bonchev–Trinajstić information content (AvgIpc) is 2.42. The number of benzene rings is 1. The summed E-state index contributed by atoms with van der Waals surface area (Å²) in [6.07, 6.45) is 1.93. The summed E-state index contributed by atoms with van der Waals surface area (Å²) in [5.74, 6) is -0.886. The third-order valence-corrected chi connectivity index (χ3v) is 4.00. The van der Waals surface area contributed by atoms with Crippen LogP contribution in [-0.2, 0) is 16.1 Å². The van der Waals surface area contributed by atoms with Crippen molar-refractivity contribution in [3.8, 4) is 0 Å². The molecule has 0 bridgehead atoms. The summed E-state index contributed by atoms with van der Waals surface area (Å²) >= 11 is 0. The van der Waals surface area contributed by atoms with Gasteiger partial charge < -0.3 is 9.84 Å². The predicted molar refractivity (Wildman–Crippen MR) is 77.8 cm³/mol. The van der Waals surface area contributed by atoms with E-state index in [2.05, 4.69) is 36.9 Å². The van der Waals surface area contributed by atoms with Crippen molar-refractivity contribution in [3.63, 3.8) is 0 Å². The summed E-state index contributed by atoms with van der Waals surface area (Å²) in [7, 11) is 0. The molecule has 1 fully saturated rings. The lowest BCUT2D eigenvalue weighted by atomic mass is 10.0. The van der Waals surface area contributed by atoms with E-state index >= 15 is 0 Å². The van der Waals surface area contributed by atoms with Crippen molar-refractivity contribution >= 4 is 5.97 Å². The number of carboxylic acid groups (broad SMARTS) is 1. The van der Waals surface area contributed by atoms with Crippen LogP contribution in [0.5, 0.6) is 0 Å². The molecule has 0 aromatic heterocycles. The van der Waals surface area contributed by atoms with Crippen molar-refractivity contribution in [1.29, 1.82) is 0 Å². The number of carboxylic acids is 1. The van der Waals surface area contributed by atoms with E-state index in [1.54, 1.807) is 0 Å². The van der Waals surface area contributed by atoms with Crippen LogP contribution in [-0.4, -0.2) is 41.8 Å². The molecule has 0 unspecified atom stereocenters. The Labute approximate surface area is 120 Å². The average molecular weight is 277 g/mol. The topological polar surface area (TPSA) is 49.8 Å². The number of hydrogen-bond acceptors (Lipinski definition) is 3. The maximum atomic E-state index is 10.5. The predicted octanol–water partition coefficient (Wildman–Crippen LogP) is 2.37. The Balaban J connectivity index is 1.84. The Kier molecular flexibility index (Phi) is 5.15. The summed E-state index contributed by atoms with van der Waals surface area (Å²) in [4.78, 5) is 12.9. The van der Waals surface area contributed by atoms with Crippen LogP contribution in [0.2, 0.25) is 0 Å². The molecule has 0 atom stereocenters. The zero-order valence-electron chi connectivity index (χ0n) is 12.3. The molecule has 1 aromatic carbocycles. The summed E-state index contributed by atoms with van der Waals surface area (Å²) in [5, 5.41) is 8.62. The Morgan fingerprint density at radius 3 is 2.45 bits per heavy atom. The van der Waals surface area contributed by atoms with Crippen LogP contribution < -0.4 is 0 Å². The van der Waals surface area contributed by atoms with Crippen molar-refractivity contribution in [2.75, 3.05) is 19.7 Å². The van der Waals surface area contributed by atoms with Crippen LogP contribution in [0, 0.1) is 13.8 Å². The Morgan fingerprint density at radius 2 is 1.90 bits per heavy atom. The van der Waals surface area contributed by atoms with Crippen LogP contribution in [0.4, 0.5) is 0 Å². The molecule has 0 spiro atoms. The summed E-state index contributed by atoms with van der Waals surface area (Å²) < 4.78 is 5.36. The lowest BCUT2D eigenvalue weighted by Gasteiger charge is -2.32. The zero-order chi connectivity index (χ0) is 14.5. The second-order valence-electron chi connectivity index (χ2n) is 5.55. The highest BCUT2D eigenvalue weighted by Crippen LogP contribution is 2.20. The lowest BCUT2D eigenvalue weighted by molar-refractivity contribution is -0.145. The molecule has 0 saturated carbocycles. The van der Waals surface area contributed by atoms with Crippen LogP contribution in [0.25, 0.3) is 0 Å². The molecule has 110 valence electrons. The van der Waals surface area contributed by atoms with Crippen molar-refractivity contribution in [2.45, 2.75) is 39.3 Å². The Hall–Kier alpha value is -1.39. The fourth-order valence-electron chi connectivity index (χ4n) is 2.75. The minimum Gasteiger partial charge on any atom is -0.480 e. The maximum Gasteiger partial charge on any atom is 0.329 e. The number of piperidine rings is 1. The second-order valence-corrected chi connectivity index (χ2v) is 5.55. The molecule has 1 aromatic rings. The number of rotatable bonds is 5. The third kappa shape index (κ3) is 4.05. The van der Waals surface area contributed by atoms with Gasteiger partial charge in [-0.15, -0.1) is 0 Å². The normalized spacial score (nSPS) is 17.3. The standard InChI is InChI=1S/C16H23NO3/c1-12-4-3-5-13(2)15(12)10-17-8-6-14(7-9-17)20-11-16(18)19/h3-5,14H,6-11H2,1-2H3,(H,18,19). The van der Waals surface area contributed by atoms with E-state index < -0.39 is 5.97 Å². The van der Waals surface area contributed by atoms with Crippen LogP contribution in [0.3, 0.4) is 0 Å². The van der Waals surface area contributed by atoms with Gasteiger partial charge in [0.1, 0.15) is 6.61 Å². The number of aliphatic carboxylic acids is 1. The molecule has 1 saturated heterocycles. The summed E-state index contributed by atoms with van der Waals surface area (Å²) in [6.45, 7) is 7.05. The highest BCUT2D eigenvalue weighted by atomic mass is 16.5. The first-order valence-corrected chi connectivity index (χ1v) is 7.17. The molecular formula is C16H23NO3. The number of carbonyl (C=O) groups is 1. The highest BCUT2D eigenvalue weighted by molar-refractivity contribution is 5.68. The SMILES string of the molecule is Cc1cccc(C)c1CN1CCC(OCC(=O)O)CC1. The first-order chi connectivity index (χ1) is 9.56. The number of ether oxygens (including phenoxy) is 1. The van der Waals surface area contributed by atoms with E-state index in [-0.39, 0.29) is 12.7 Å². The molecule has 4 heteroatoms. The van der Waals surface area contributed by atoms with E-state index in [0.717, 1.165) is 32.5 Å². The fourth-order valence-corrected chi connectivity index (χ4v) is 2.75. The molecule has 0 amide bonds. The monoisotopic (exact) mass is 277 g/mol. The molecular weight excluding hydrogens is 254 g/mol. The number of hydrogen-bond donors (Lipinski definition) is 1. The van der Waals surface area contributed by atoms with E-state index in [1.165, 1.54) is 16.7 Å². The van der Waals surface area contributed by atoms with Gasteiger partial charge in [-0.3, -0.25) is 4.90 Å². The summed E-state index contributed by atoms with van der Waals surface area (Å²) in [5.41, 5.74) is 4.10. The van der Waals surface area contributed by atoms with Gasteiger partial charge in [-0.25, -0.2) is 4.79 Å². The minimum absolute atomic E-state index is 0.0975. The quantitative estimate of drug-likeness (QED) is 0.897. The van der Waals surface area contributed by atoms with E-state index in [0.29, 0.717) is 0 Å². The molecule has 1 aliphatic heterocycles. The van der Waals surface area contributed by atoms with E-state index in [1.807, 2.05) is 0 Å². The molecule has 4 nitrogen and oxygen atoms in total. The molecule has 2 rings (SSSR count). The van der Waals surface area contributed by atoms with Gasteiger partial charge in [0.15, 0.2) is 0 Å². The highest BCUT2D eigenvalue weighted by Gasteiger charge is 2.21. The first-order valence-electron chi connectivity index (χ1n) is 7.17. The van der Waals surface area contributed by atoms with Crippen molar-refractivity contribution in [3.05, 3.63) is 34.9 Å². The number of nitrogens with zero attached hydrogens (tertiary/aromatic N) is 1. The largest absolute Gasteiger partial charge is 0.480 e. The lowest BCUT2D eigenvalue weighted by Crippen LogP contribution is -2.37. The third-order valence-electron chi connectivity index (χ3n) is 4.00.